The van der Waals surface area contributed by atoms with Gasteiger partial charge in [0.05, 0.1) is 19.8 Å². The smallest absolute Gasteiger partial charge is 0.245 e. The molecule has 2 aliphatic rings. The zero-order chi connectivity index (χ0) is 14.9. The van der Waals surface area contributed by atoms with Crippen molar-refractivity contribution in [1.82, 2.24) is 4.90 Å². The van der Waals surface area contributed by atoms with Crippen LogP contribution in [0.4, 0.5) is 0 Å². The van der Waals surface area contributed by atoms with Crippen molar-refractivity contribution in [2.24, 2.45) is 5.73 Å². The molecule has 5 nitrogen and oxygen atoms in total. The summed E-state index contributed by atoms with van der Waals surface area (Å²) in [5.41, 5.74) is 6.31. The van der Waals surface area contributed by atoms with Crippen LogP contribution in [-0.2, 0) is 14.3 Å². The molecular weight excluding hydrogens is 292 g/mol. The molecule has 2 saturated heterocycles. The van der Waals surface area contributed by atoms with Gasteiger partial charge < -0.3 is 20.1 Å². The summed E-state index contributed by atoms with van der Waals surface area (Å²) in [6.45, 7) is 2.44. The summed E-state index contributed by atoms with van der Waals surface area (Å²) in [5, 5.41) is 0.687. The standard InChI is InChI=1S/C15H19ClN2O3/c16-12-3-1-11(2-4-12)13-9-18(6-8-21-13)14(19)15(17)5-7-20-10-15/h1-4,13H,5-10,17H2. The molecule has 1 amide bonds. The molecule has 21 heavy (non-hydrogen) atoms. The minimum absolute atomic E-state index is 0.0396. The SMILES string of the molecule is NC1(C(=O)N2CCOC(c3ccc(Cl)cc3)C2)CCOC1. The van der Waals surface area contributed by atoms with Crippen molar-refractivity contribution in [2.75, 3.05) is 32.9 Å². The Balaban J connectivity index is 1.70. The lowest BCUT2D eigenvalue weighted by Crippen LogP contribution is -2.58. The number of morpholine rings is 1. The maximum atomic E-state index is 12.6. The Hall–Kier alpha value is -1.14. The van der Waals surface area contributed by atoms with Gasteiger partial charge in [-0.2, -0.15) is 0 Å². The Labute approximate surface area is 128 Å². The number of amides is 1. The molecule has 0 saturated carbocycles. The molecule has 0 aromatic heterocycles. The molecule has 2 fully saturated rings. The van der Waals surface area contributed by atoms with E-state index in [1.165, 1.54) is 0 Å². The van der Waals surface area contributed by atoms with E-state index in [0.717, 1.165) is 5.56 Å². The van der Waals surface area contributed by atoms with Crippen LogP contribution in [0, 0.1) is 0 Å². The Morgan fingerprint density at radius 1 is 1.33 bits per heavy atom. The van der Waals surface area contributed by atoms with Crippen LogP contribution in [0.5, 0.6) is 0 Å². The lowest BCUT2D eigenvalue weighted by atomic mass is 9.97. The van der Waals surface area contributed by atoms with Gasteiger partial charge in [0.2, 0.25) is 5.91 Å². The quantitative estimate of drug-likeness (QED) is 0.896. The summed E-state index contributed by atoms with van der Waals surface area (Å²) in [7, 11) is 0. The Kier molecular flexibility index (Phi) is 4.17. The first-order chi connectivity index (χ1) is 10.1. The van der Waals surface area contributed by atoms with E-state index >= 15 is 0 Å². The zero-order valence-electron chi connectivity index (χ0n) is 11.8. The van der Waals surface area contributed by atoms with Gasteiger partial charge >= 0.3 is 0 Å². The number of carbonyl (C=O) groups excluding carboxylic acids is 1. The number of hydrogen-bond acceptors (Lipinski definition) is 4. The summed E-state index contributed by atoms with van der Waals surface area (Å²) in [4.78, 5) is 14.4. The number of halogens is 1. The predicted molar refractivity (Wildman–Crippen MR) is 79.1 cm³/mol. The molecule has 114 valence electrons. The lowest BCUT2D eigenvalue weighted by molar-refractivity contribution is -0.144. The highest BCUT2D eigenvalue weighted by molar-refractivity contribution is 6.30. The monoisotopic (exact) mass is 310 g/mol. The largest absolute Gasteiger partial charge is 0.379 e. The molecule has 0 bridgehead atoms. The third-order valence-electron chi connectivity index (χ3n) is 4.07. The van der Waals surface area contributed by atoms with Crippen molar-refractivity contribution in [3.05, 3.63) is 34.9 Å². The second-order valence-corrected chi connectivity index (χ2v) is 6.06. The highest BCUT2D eigenvalue weighted by Crippen LogP contribution is 2.26. The van der Waals surface area contributed by atoms with Gasteiger partial charge in [-0.3, -0.25) is 4.79 Å². The Morgan fingerprint density at radius 2 is 2.10 bits per heavy atom. The van der Waals surface area contributed by atoms with Gasteiger partial charge in [0.15, 0.2) is 0 Å². The van der Waals surface area contributed by atoms with E-state index in [4.69, 9.17) is 26.8 Å². The van der Waals surface area contributed by atoms with Crippen molar-refractivity contribution in [1.29, 1.82) is 0 Å². The molecule has 3 rings (SSSR count). The fourth-order valence-corrected chi connectivity index (χ4v) is 2.90. The van der Waals surface area contributed by atoms with Gasteiger partial charge in [-0.25, -0.2) is 0 Å². The van der Waals surface area contributed by atoms with Crippen LogP contribution in [-0.4, -0.2) is 49.3 Å². The first-order valence-electron chi connectivity index (χ1n) is 7.11. The van der Waals surface area contributed by atoms with Gasteiger partial charge in [0.1, 0.15) is 11.6 Å². The van der Waals surface area contributed by atoms with Crippen molar-refractivity contribution in [3.8, 4) is 0 Å². The maximum absolute atomic E-state index is 12.6. The first kappa shape index (κ1) is 14.8. The maximum Gasteiger partial charge on any atom is 0.245 e. The molecule has 2 N–H and O–H groups in total. The normalized spacial score (nSPS) is 29.6. The van der Waals surface area contributed by atoms with Crippen LogP contribution < -0.4 is 5.73 Å². The molecule has 0 aliphatic carbocycles. The van der Waals surface area contributed by atoms with Crippen LogP contribution in [0.2, 0.25) is 5.02 Å². The van der Waals surface area contributed by atoms with Crippen molar-refractivity contribution in [3.63, 3.8) is 0 Å². The van der Waals surface area contributed by atoms with Gasteiger partial charge in [-0.1, -0.05) is 23.7 Å². The average molecular weight is 311 g/mol. The molecule has 1 aromatic rings. The van der Waals surface area contributed by atoms with E-state index < -0.39 is 5.54 Å². The van der Waals surface area contributed by atoms with Crippen LogP contribution >= 0.6 is 11.6 Å². The number of carbonyl (C=O) groups is 1. The molecule has 2 atom stereocenters. The van der Waals surface area contributed by atoms with Gasteiger partial charge in [0.25, 0.3) is 0 Å². The minimum atomic E-state index is -0.873. The minimum Gasteiger partial charge on any atom is -0.379 e. The Morgan fingerprint density at radius 3 is 2.76 bits per heavy atom. The number of hydrogen-bond donors (Lipinski definition) is 1. The summed E-state index contributed by atoms with van der Waals surface area (Å²) in [6, 6.07) is 7.52. The number of ether oxygens (including phenoxy) is 2. The topological polar surface area (TPSA) is 64.8 Å². The second kappa shape index (κ2) is 5.93. The molecular formula is C15H19ClN2O3. The fourth-order valence-electron chi connectivity index (χ4n) is 2.78. The number of nitrogens with two attached hydrogens (primary N) is 1. The van der Waals surface area contributed by atoms with Crippen LogP contribution in [0.1, 0.15) is 18.1 Å². The number of benzene rings is 1. The van der Waals surface area contributed by atoms with E-state index in [1.54, 1.807) is 4.90 Å². The van der Waals surface area contributed by atoms with E-state index in [-0.39, 0.29) is 12.0 Å². The average Bonchev–Trinajstić information content (AvgIpc) is 2.95. The van der Waals surface area contributed by atoms with Gasteiger partial charge in [-0.15, -0.1) is 0 Å². The Bertz CT molecular complexity index is 514. The molecule has 2 aliphatic heterocycles. The van der Waals surface area contributed by atoms with Crippen molar-refractivity contribution < 1.29 is 14.3 Å². The fraction of sp³-hybridized carbons (Fsp3) is 0.533. The lowest BCUT2D eigenvalue weighted by Gasteiger charge is -2.37. The summed E-state index contributed by atoms with van der Waals surface area (Å²) in [6.07, 6.45) is 0.445. The first-order valence-corrected chi connectivity index (χ1v) is 7.49. The molecule has 1 aromatic carbocycles. The highest BCUT2D eigenvalue weighted by atomic mass is 35.5. The number of nitrogens with zero attached hydrogens (tertiary/aromatic N) is 1. The van der Waals surface area contributed by atoms with Crippen LogP contribution in [0.25, 0.3) is 0 Å². The van der Waals surface area contributed by atoms with Crippen LogP contribution in [0.15, 0.2) is 24.3 Å². The summed E-state index contributed by atoms with van der Waals surface area (Å²) >= 11 is 5.90. The molecule has 0 radical (unpaired) electrons. The van der Waals surface area contributed by atoms with Crippen LogP contribution in [0.3, 0.4) is 0 Å². The van der Waals surface area contributed by atoms with Gasteiger partial charge in [-0.05, 0) is 24.1 Å². The summed E-state index contributed by atoms with van der Waals surface area (Å²) < 4.78 is 11.0. The second-order valence-electron chi connectivity index (χ2n) is 5.62. The molecule has 6 heteroatoms. The number of rotatable bonds is 2. The third kappa shape index (κ3) is 3.06. The van der Waals surface area contributed by atoms with E-state index in [9.17, 15) is 4.79 Å². The molecule has 2 unspecified atom stereocenters. The predicted octanol–water partition coefficient (Wildman–Crippen LogP) is 1.36. The van der Waals surface area contributed by atoms with Gasteiger partial charge in [0, 0.05) is 18.2 Å². The molecule has 0 spiro atoms. The molecule has 2 heterocycles. The van der Waals surface area contributed by atoms with E-state index in [2.05, 4.69) is 0 Å². The van der Waals surface area contributed by atoms with Crippen molar-refractivity contribution >= 4 is 17.5 Å². The highest BCUT2D eigenvalue weighted by Gasteiger charge is 2.42. The van der Waals surface area contributed by atoms with Crippen molar-refractivity contribution in [2.45, 2.75) is 18.1 Å². The summed E-state index contributed by atoms with van der Waals surface area (Å²) in [5.74, 6) is -0.0396. The third-order valence-corrected chi connectivity index (χ3v) is 4.33. The van der Waals surface area contributed by atoms with E-state index in [1.807, 2.05) is 24.3 Å². The zero-order valence-corrected chi connectivity index (χ0v) is 12.5. The van der Waals surface area contributed by atoms with E-state index in [0.29, 0.717) is 44.4 Å².